The maximum atomic E-state index is 13.5. The van der Waals surface area contributed by atoms with E-state index < -0.39 is 29.0 Å². The fourth-order valence-electron chi connectivity index (χ4n) is 1.52. The van der Waals surface area contributed by atoms with Crippen molar-refractivity contribution in [3.8, 4) is 0 Å². The highest BCUT2D eigenvalue weighted by molar-refractivity contribution is 6.30. The number of nitrogens with one attached hydrogen (secondary N) is 1. The van der Waals surface area contributed by atoms with Gasteiger partial charge in [0.05, 0.1) is 10.7 Å². The summed E-state index contributed by atoms with van der Waals surface area (Å²) in [6, 6.07) is 5.25. The highest BCUT2D eigenvalue weighted by atomic mass is 35.5. The number of amides is 1. The van der Waals surface area contributed by atoms with E-state index in [1.54, 1.807) is 0 Å². The van der Waals surface area contributed by atoms with E-state index in [-0.39, 0.29) is 16.3 Å². The van der Waals surface area contributed by atoms with E-state index >= 15 is 0 Å². The second-order valence-corrected chi connectivity index (χ2v) is 4.32. The van der Waals surface area contributed by atoms with Crippen molar-refractivity contribution in [3.63, 3.8) is 0 Å². The van der Waals surface area contributed by atoms with Gasteiger partial charge in [-0.05, 0) is 30.3 Å². The van der Waals surface area contributed by atoms with Gasteiger partial charge in [0.2, 0.25) is 0 Å². The van der Waals surface area contributed by atoms with Gasteiger partial charge in [0, 0.05) is 5.56 Å². The van der Waals surface area contributed by atoms with Crippen LogP contribution in [0.5, 0.6) is 0 Å². The predicted octanol–water partition coefficient (Wildman–Crippen LogP) is 3.59. The number of carbonyl (C=O) groups is 1. The van der Waals surface area contributed by atoms with Crippen LogP contribution in [0.15, 0.2) is 30.3 Å². The van der Waals surface area contributed by atoms with Crippen LogP contribution in [0.3, 0.4) is 0 Å². The molecule has 20 heavy (non-hydrogen) atoms. The van der Waals surface area contributed by atoms with E-state index in [0.29, 0.717) is 0 Å². The molecule has 104 valence electrons. The van der Waals surface area contributed by atoms with Crippen molar-refractivity contribution in [3.05, 3.63) is 58.4 Å². The molecule has 2 rings (SSSR count). The first-order valence-electron chi connectivity index (χ1n) is 5.40. The first kappa shape index (κ1) is 14.2. The minimum Gasteiger partial charge on any atom is -0.397 e. The minimum atomic E-state index is -1.28. The molecule has 0 unspecified atom stereocenters. The first-order valence-corrected chi connectivity index (χ1v) is 5.78. The average Bonchev–Trinajstić information content (AvgIpc) is 2.42. The molecule has 2 aromatic rings. The lowest BCUT2D eigenvalue weighted by Gasteiger charge is -2.10. The zero-order chi connectivity index (χ0) is 14.9. The summed E-state index contributed by atoms with van der Waals surface area (Å²) in [5.74, 6) is -4.08. The van der Waals surface area contributed by atoms with E-state index in [2.05, 4.69) is 5.32 Å². The fraction of sp³-hybridized carbons (Fsp3) is 0. The lowest BCUT2D eigenvalue weighted by molar-refractivity contribution is 0.102. The summed E-state index contributed by atoms with van der Waals surface area (Å²) in [4.78, 5) is 11.8. The van der Waals surface area contributed by atoms with Crippen LogP contribution >= 0.6 is 11.6 Å². The molecule has 0 saturated heterocycles. The number of hydrogen-bond donors (Lipinski definition) is 2. The van der Waals surface area contributed by atoms with Gasteiger partial charge in [-0.25, -0.2) is 13.2 Å². The highest BCUT2D eigenvalue weighted by Crippen LogP contribution is 2.25. The number of nitrogens with two attached hydrogens (primary N) is 1. The Kier molecular flexibility index (Phi) is 3.85. The molecule has 0 aromatic heterocycles. The average molecular weight is 301 g/mol. The van der Waals surface area contributed by atoms with Gasteiger partial charge in [0.25, 0.3) is 5.91 Å². The van der Waals surface area contributed by atoms with Crippen molar-refractivity contribution in [2.75, 3.05) is 11.1 Å². The molecule has 0 bridgehead atoms. The van der Waals surface area contributed by atoms with Crippen molar-refractivity contribution in [1.29, 1.82) is 0 Å². The van der Waals surface area contributed by atoms with Crippen LogP contribution in [0.1, 0.15) is 10.4 Å². The third kappa shape index (κ3) is 2.70. The Labute approximate surface area is 117 Å². The zero-order valence-corrected chi connectivity index (χ0v) is 10.6. The molecule has 2 aromatic carbocycles. The van der Waals surface area contributed by atoms with E-state index in [4.69, 9.17) is 17.3 Å². The Bertz CT molecular complexity index is 692. The van der Waals surface area contributed by atoms with Crippen LogP contribution in [0.4, 0.5) is 24.5 Å². The molecule has 0 spiro atoms. The van der Waals surface area contributed by atoms with Gasteiger partial charge >= 0.3 is 0 Å². The summed E-state index contributed by atoms with van der Waals surface area (Å²) >= 11 is 5.48. The van der Waals surface area contributed by atoms with Crippen LogP contribution in [0.2, 0.25) is 5.02 Å². The lowest BCUT2D eigenvalue weighted by Crippen LogP contribution is -2.15. The van der Waals surface area contributed by atoms with Crippen LogP contribution < -0.4 is 11.1 Å². The summed E-state index contributed by atoms with van der Waals surface area (Å²) in [5.41, 5.74) is 4.71. The molecule has 0 saturated carbocycles. The zero-order valence-electron chi connectivity index (χ0n) is 9.88. The van der Waals surface area contributed by atoms with E-state index in [1.807, 2.05) is 0 Å². The van der Waals surface area contributed by atoms with Crippen LogP contribution in [0, 0.1) is 17.5 Å². The molecule has 0 atom stereocenters. The number of anilines is 2. The van der Waals surface area contributed by atoms with E-state index in [9.17, 15) is 18.0 Å². The summed E-state index contributed by atoms with van der Waals surface area (Å²) in [6.07, 6.45) is 0. The first-order chi connectivity index (χ1) is 9.40. The standard InChI is InChI=1S/C13H8ClF3N2O/c14-7-2-1-6(5-9(7)16)13(20)19-12-10(18)4-3-8(15)11(12)17/h1-5H,18H2,(H,19,20). The van der Waals surface area contributed by atoms with Gasteiger partial charge in [0.15, 0.2) is 11.6 Å². The molecular weight excluding hydrogens is 293 g/mol. The normalized spacial score (nSPS) is 10.4. The third-order valence-electron chi connectivity index (χ3n) is 2.55. The number of carbonyl (C=O) groups excluding carboxylic acids is 1. The largest absolute Gasteiger partial charge is 0.397 e. The van der Waals surface area contributed by atoms with Crippen molar-refractivity contribution in [2.45, 2.75) is 0 Å². The Morgan fingerprint density at radius 2 is 1.80 bits per heavy atom. The quantitative estimate of drug-likeness (QED) is 0.833. The monoisotopic (exact) mass is 300 g/mol. The van der Waals surface area contributed by atoms with Gasteiger partial charge in [0.1, 0.15) is 11.5 Å². The molecule has 0 fully saturated rings. The Morgan fingerprint density at radius 3 is 2.45 bits per heavy atom. The molecule has 0 radical (unpaired) electrons. The third-order valence-corrected chi connectivity index (χ3v) is 2.85. The minimum absolute atomic E-state index is 0.102. The summed E-state index contributed by atoms with van der Waals surface area (Å²) < 4.78 is 39.8. The second kappa shape index (κ2) is 5.42. The number of hydrogen-bond acceptors (Lipinski definition) is 2. The van der Waals surface area contributed by atoms with Gasteiger partial charge in [-0.15, -0.1) is 0 Å². The SMILES string of the molecule is Nc1ccc(F)c(F)c1NC(=O)c1ccc(Cl)c(F)c1. The molecule has 0 aliphatic carbocycles. The van der Waals surface area contributed by atoms with Crippen molar-refractivity contribution < 1.29 is 18.0 Å². The van der Waals surface area contributed by atoms with Crippen molar-refractivity contribution in [1.82, 2.24) is 0 Å². The maximum absolute atomic E-state index is 13.5. The molecule has 0 aliphatic heterocycles. The summed E-state index contributed by atoms with van der Waals surface area (Å²) in [7, 11) is 0. The van der Waals surface area contributed by atoms with Crippen LogP contribution in [0.25, 0.3) is 0 Å². The molecule has 3 N–H and O–H groups in total. The molecule has 0 aliphatic rings. The number of nitrogen functional groups attached to an aromatic ring is 1. The van der Waals surface area contributed by atoms with E-state index in [0.717, 1.165) is 18.2 Å². The summed E-state index contributed by atoms with van der Waals surface area (Å²) in [5, 5.41) is 1.94. The Balaban J connectivity index is 2.32. The topological polar surface area (TPSA) is 55.1 Å². The number of rotatable bonds is 2. The summed E-state index contributed by atoms with van der Waals surface area (Å²) in [6.45, 7) is 0. The fourth-order valence-corrected chi connectivity index (χ4v) is 1.63. The second-order valence-electron chi connectivity index (χ2n) is 3.91. The van der Waals surface area contributed by atoms with E-state index in [1.165, 1.54) is 12.1 Å². The van der Waals surface area contributed by atoms with Crippen molar-refractivity contribution in [2.24, 2.45) is 0 Å². The molecule has 7 heteroatoms. The maximum Gasteiger partial charge on any atom is 0.255 e. The highest BCUT2D eigenvalue weighted by Gasteiger charge is 2.16. The lowest BCUT2D eigenvalue weighted by atomic mass is 10.2. The molecular formula is C13H8ClF3N2O. The number of halogens is 4. The molecule has 3 nitrogen and oxygen atoms in total. The number of benzene rings is 2. The van der Waals surface area contributed by atoms with Gasteiger partial charge in [-0.1, -0.05) is 11.6 Å². The Morgan fingerprint density at radius 1 is 1.10 bits per heavy atom. The van der Waals surface area contributed by atoms with Crippen LogP contribution in [-0.4, -0.2) is 5.91 Å². The van der Waals surface area contributed by atoms with Gasteiger partial charge in [-0.2, -0.15) is 0 Å². The van der Waals surface area contributed by atoms with Gasteiger partial charge < -0.3 is 11.1 Å². The van der Waals surface area contributed by atoms with Crippen molar-refractivity contribution >= 4 is 28.9 Å². The molecule has 0 heterocycles. The predicted molar refractivity (Wildman–Crippen MR) is 70.1 cm³/mol. The Hall–Kier alpha value is -2.21. The van der Waals surface area contributed by atoms with Crippen LogP contribution in [-0.2, 0) is 0 Å². The molecule has 1 amide bonds. The smallest absolute Gasteiger partial charge is 0.255 e. The van der Waals surface area contributed by atoms with Gasteiger partial charge in [-0.3, -0.25) is 4.79 Å².